The Kier molecular flexibility index (Phi) is 5.49. The third kappa shape index (κ3) is 4.19. The number of para-hydroxylation sites is 1. The van der Waals surface area contributed by atoms with Gasteiger partial charge in [0, 0.05) is 5.02 Å². The maximum atomic E-state index is 12.2. The zero-order valence-corrected chi connectivity index (χ0v) is 14.9. The van der Waals surface area contributed by atoms with Gasteiger partial charge in [0.2, 0.25) is 11.1 Å². The molecular weight excluding hydrogens is 376 g/mol. The van der Waals surface area contributed by atoms with Crippen molar-refractivity contribution in [3.05, 3.63) is 59.1 Å². The van der Waals surface area contributed by atoms with Gasteiger partial charge in [0.15, 0.2) is 0 Å². The van der Waals surface area contributed by atoms with E-state index in [2.05, 4.69) is 20.8 Å². The van der Waals surface area contributed by atoms with E-state index in [9.17, 15) is 9.59 Å². The zero-order valence-electron chi connectivity index (χ0n) is 13.3. The van der Waals surface area contributed by atoms with Crippen molar-refractivity contribution >= 4 is 40.9 Å². The summed E-state index contributed by atoms with van der Waals surface area (Å²) >= 11 is 7.04. The smallest absolute Gasteiger partial charge is 0.250 e. The lowest BCUT2D eigenvalue weighted by molar-refractivity contribution is -0.113. The van der Waals surface area contributed by atoms with E-state index in [1.807, 2.05) is 0 Å². The monoisotopic (exact) mass is 388 g/mol. The number of rotatable bonds is 6. The largest absolute Gasteiger partial charge is 0.366 e. The summed E-state index contributed by atoms with van der Waals surface area (Å²) in [4.78, 5) is 23.6. The first kappa shape index (κ1) is 17.9. The Labute approximate surface area is 157 Å². The van der Waals surface area contributed by atoms with Gasteiger partial charge in [-0.1, -0.05) is 35.5 Å². The number of carbonyl (C=O) groups is 2. The van der Waals surface area contributed by atoms with Crippen molar-refractivity contribution in [2.24, 2.45) is 5.73 Å². The van der Waals surface area contributed by atoms with Gasteiger partial charge in [-0.05, 0) is 46.8 Å². The van der Waals surface area contributed by atoms with Gasteiger partial charge in [-0.15, -0.1) is 5.10 Å². The molecule has 0 aliphatic carbocycles. The summed E-state index contributed by atoms with van der Waals surface area (Å²) in [6, 6.07) is 13.5. The SMILES string of the molecule is NC(=O)c1ccccc1NC(=O)CSc1nnnn1-c1ccc(Cl)cc1. The first-order valence-electron chi connectivity index (χ1n) is 7.40. The van der Waals surface area contributed by atoms with Crippen LogP contribution in [-0.2, 0) is 4.79 Å². The molecule has 1 heterocycles. The number of amides is 2. The summed E-state index contributed by atoms with van der Waals surface area (Å²) in [5, 5.41) is 15.2. The van der Waals surface area contributed by atoms with Crippen LogP contribution in [-0.4, -0.2) is 37.8 Å². The summed E-state index contributed by atoms with van der Waals surface area (Å²) in [5.41, 5.74) is 6.64. The Bertz CT molecular complexity index is 944. The number of nitrogens with one attached hydrogen (secondary N) is 1. The molecule has 2 amide bonds. The Balaban J connectivity index is 1.67. The number of aromatic nitrogens is 4. The van der Waals surface area contributed by atoms with Gasteiger partial charge < -0.3 is 11.1 Å². The van der Waals surface area contributed by atoms with E-state index < -0.39 is 5.91 Å². The Morgan fingerprint density at radius 3 is 2.62 bits per heavy atom. The Morgan fingerprint density at radius 2 is 1.88 bits per heavy atom. The molecule has 0 aliphatic rings. The van der Waals surface area contributed by atoms with Crippen LogP contribution in [0.1, 0.15) is 10.4 Å². The molecule has 8 nitrogen and oxygen atoms in total. The van der Waals surface area contributed by atoms with E-state index in [1.165, 1.54) is 4.68 Å². The summed E-state index contributed by atoms with van der Waals surface area (Å²) in [5.74, 6) is -0.865. The predicted molar refractivity (Wildman–Crippen MR) is 98.5 cm³/mol. The fourth-order valence-corrected chi connectivity index (χ4v) is 2.95. The van der Waals surface area contributed by atoms with Crippen molar-refractivity contribution < 1.29 is 9.59 Å². The molecule has 10 heteroatoms. The summed E-state index contributed by atoms with van der Waals surface area (Å²) in [6.07, 6.45) is 0. The van der Waals surface area contributed by atoms with Crippen molar-refractivity contribution in [2.45, 2.75) is 5.16 Å². The zero-order chi connectivity index (χ0) is 18.5. The van der Waals surface area contributed by atoms with Crippen LogP contribution in [0, 0.1) is 0 Å². The van der Waals surface area contributed by atoms with Crippen molar-refractivity contribution in [2.75, 3.05) is 11.1 Å². The highest BCUT2D eigenvalue weighted by molar-refractivity contribution is 7.99. The molecule has 26 heavy (non-hydrogen) atoms. The molecule has 3 rings (SSSR count). The highest BCUT2D eigenvalue weighted by Crippen LogP contribution is 2.20. The fraction of sp³-hybridized carbons (Fsp3) is 0.0625. The molecule has 3 N–H and O–H groups in total. The van der Waals surface area contributed by atoms with Crippen LogP contribution in [0.15, 0.2) is 53.7 Å². The third-order valence-electron chi connectivity index (χ3n) is 3.31. The number of thioether (sulfide) groups is 1. The van der Waals surface area contributed by atoms with E-state index >= 15 is 0 Å². The lowest BCUT2D eigenvalue weighted by atomic mass is 10.1. The summed E-state index contributed by atoms with van der Waals surface area (Å²) in [7, 11) is 0. The Hall–Kier alpha value is -2.91. The second-order valence-electron chi connectivity index (χ2n) is 5.10. The number of primary amides is 1. The number of anilines is 1. The van der Waals surface area contributed by atoms with Crippen LogP contribution in [0.3, 0.4) is 0 Å². The second-order valence-corrected chi connectivity index (χ2v) is 6.48. The average Bonchev–Trinajstić information content (AvgIpc) is 3.09. The number of nitrogens with two attached hydrogens (primary N) is 1. The maximum absolute atomic E-state index is 12.2. The summed E-state index contributed by atoms with van der Waals surface area (Å²) in [6.45, 7) is 0. The van der Waals surface area contributed by atoms with Gasteiger partial charge >= 0.3 is 0 Å². The topological polar surface area (TPSA) is 116 Å². The molecule has 0 unspecified atom stereocenters. The number of tetrazole rings is 1. The van der Waals surface area contributed by atoms with E-state index in [-0.39, 0.29) is 17.2 Å². The first-order chi connectivity index (χ1) is 12.5. The molecule has 0 saturated heterocycles. The first-order valence-corrected chi connectivity index (χ1v) is 8.77. The van der Waals surface area contributed by atoms with Crippen LogP contribution in [0.5, 0.6) is 0 Å². The molecule has 0 spiro atoms. The van der Waals surface area contributed by atoms with E-state index in [0.717, 1.165) is 17.4 Å². The molecule has 0 fully saturated rings. The van der Waals surface area contributed by atoms with Crippen LogP contribution in [0.4, 0.5) is 5.69 Å². The molecule has 1 aromatic heterocycles. The van der Waals surface area contributed by atoms with Crippen LogP contribution in [0.2, 0.25) is 5.02 Å². The van der Waals surface area contributed by atoms with Gasteiger partial charge in [0.1, 0.15) is 0 Å². The van der Waals surface area contributed by atoms with Crippen LogP contribution < -0.4 is 11.1 Å². The molecule has 3 aromatic rings. The van der Waals surface area contributed by atoms with E-state index in [4.69, 9.17) is 17.3 Å². The van der Waals surface area contributed by atoms with Gasteiger partial charge in [-0.25, -0.2) is 0 Å². The highest BCUT2D eigenvalue weighted by Gasteiger charge is 2.14. The van der Waals surface area contributed by atoms with Crippen molar-refractivity contribution in [3.63, 3.8) is 0 Å². The minimum Gasteiger partial charge on any atom is -0.366 e. The van der Waals surface area contributed by atoms with Crippen molar-refractivity contribution in [3.8, 4) is 5.69 Å². The quantitative estimate of drug-likeness (QED) is 0.625. The minimum absolute atomic E-state index is 0.0566. The standard InChI is InChI=1S/C16H13ClN6O2S/c17-10-5-7-11(8-6-10)23-16(20-21-22-23)26-9-14(24)19-13-4-2-1-3-12(13)15(18)25/h1-8H,9H2,(H2,18,25)(H,19,24). The summed E-state index contributed by atoms with van der Waals surface area (Å²) < 4.78 is 1.51. The predicted octanol–water partition coefficient (Wildman–Crippen LogP) is 2.15. The molecule has 0 bridgehead atoms. The molecule has 0 aliphatic heterocycles. The van der Waals surface area contributed by atoms with E-state index in [1.54, 1.807) is 48.5 Å². The Morgan fingerprint density at radius 1 is 1.15 bits per heavy atom. The molecule has 0 saturated carbocycles. The third-order valence-corrected chi connectivity index (χ3v) is 4.48. The number of carbonyl (C=O) groups excluding carboxylic acids is 2. The van der Waals surface area contributed by atoms with Gasteiger partial charge in [0.05, 0.1) is 22.7 Å². The van der Waals surface area contributed by atoms with Crippen molar-refractivity contribution in [1.29, 1.82) is 0 Å². The fourth-order valence-electron chi connectivity index (χ4n) is 2.14. The number of benzene rings is 2. The second kappa shape index (κ2) is 7.98. The normalized spacial score (nSPS) is 10.5. The number of nitrogens with zero attached hydrogens (tertiary/aromatic N) is 4. The number of halogens is 1. The average molecular weight is 389 g/mol. The molecule has 0 atom stereocenters. The highest BCUT2D eigenvalue weighted by atomic mass is 35.5. The molecule has 2 aromatic carbocycles. The van der Waals surface area contributed by atoms with Crippen molar-refractivity contribution in [1.82, 2.24) is 20.2 Å². The number of hydrogen-bond donors (Lipinski definition) is 2. The molecule has 132 valence electrons. The molecular formula is C16H13ClN6O2S. The number of hydrogen-bond acceptors (Lipinski definition) is 6. The van der Waals surface area contributed by atoms with E-state index in [0.29, 0.717) is 15.9 Å². The minimum atomic E-state index is -0.611. The molecule has 0 radical (unpaired) electrons. The van der Waals surface area contributed by atoms with Gasteiger partial charge in [-0.3, -0.25) is 9.59 Å². The van der Waals surface area contributed by atoms with Gasteiger partial charge in [-0.2, -0.15) is 4.68 Å². The van der Waals surface area contributed by atoms with Gasteiger partial charge in [0.25, 0.3) is 5.91 Å². The lowest BCUT2D eigenvalue weighted by Gasteiger charge is -2.08. The maximum Gasteiger partial charge on any atom is 0.250 e. The van der Waals surface area contributed by atoms with Crippen LogP contribution in [0.25, 0.3) is 5.69 Å². The lowest BCUT2D eigenvalue weighted by Crippen LogP contribution is -2.19. The van der Waals surface area contributed by atoms with Crippen LogP contribution >= 0.6 is 23.4 Å².